The summed E-state index contributed by atoms with van der Waals surface area (Å²) in [4.78, 5) is 38.3. The van der Waals surface area contributed by atoms with Gasteiger partial charge in [0.15, 0.2) is 6.10 Å². The third-order valence-electron chi connectivity index (χ3n) is 13.9. The summed E-state index contributed by atoms with van der Waals surface area (Å²) in [7, 11) is 0. The zero-order valence-corrected chi connectivity index (χ0v) is 49.1. The van der Waals surface area contributed by atoms with Gasteiger partial charge in [-0.25, -0.2) is 0 Å². The quantitative estimate of drug-likeness (QED) is 0.0261. The molecule has 0 heterocycles. The van der Waals surface area contributed by atoms with Gasteiger partial charge in [0.1, 0.15) is 13.2 Å². The van der Waals surface area contributed by atoms with Crippen LogP contribution >= 0.6 is 0 Å². The van der Waals surface area contributed by atoms with Gasteiger partial charge in [0.25, 0.3) is 0 Å². The van der Waals surface area contributed by atoms with Crippen molar-refractivity contribution in [1.29, 1.82) is 0 Å². The van der Waals surface area contributed by atoms with E-state index in [1.54, 1.807) is 0 Å². The van der Waals surface area contributed by atoms with Crippen molar-refractivity contribution in [2.75, 3.05) is 13.2 Å². The highest BCUT2D eigenvalue weighted by molar-refractivity contribution is 5.71. The monoisotopic (exact) mass is 1030 g/mol. The molecule has 1 atom stereocenters. The Labute approximate surface area is 459 Å². The topological polar surface area (TPSA) is 78.9 Å². The number of hydrogen-bond acceptors (Lipinski definition) is 6. The van der Waals surface area contributed by atoms with Gasteiger partial charge in [0.05, 0.1) is 0 Å². The fourth-order valence-electron chi connectivity index (χ4n) is 9.13. The summed E-state index contributed by atoms with van der Waals surface area (Å²) in [5.41, 5.74) is 0. The van der Waals surface area contributed by atoms with Crippen LogP contribution in [0.15, 0.2) is 72.9 Å². The molecule has 0 spiro atoms. The van der Waals surface area contributed by atoms with Gasteiger partial charge in [-0.1, -0.05) is 267 Å². The predicted octanol–water partition coefficient (Wildman–Crippen LogP) is 21.7. The Bertz CT molecular complexity index is 1370. The highest BCUT2D eigenvalue weighted by Crippen LogP contribution is 2.16. The molecule has 0 rings (SSSR count). The van der Waals surface area contributed by atoms with Crippen LogP contribution in [-0.4, -0.2) is 37.2 Å². The van der Waals surface area contributed by atoms with Gasteiger partial charge in [-0.05, 0) is 109 Å². The molecule has 0 bridgehead atoms. The molecule has 0 N–H and O–H groups in total. The van der Waals surface area contributed by atoms with E-state index in [-0.39, 0.29) is 31.1 Å². The first-order valence-electron chi connectivity index (χ1n) is 31.9. The SMILES string of the molecule is CC/C=C\C/C=C\C/C=C\CCCCCCCCCC(=O)OCC(COC(=O)CCCCCCCCCCC/C=C\CCCCCCCCCC)OC(=O)CCCCCCCCC/C=C\C/C=C\CCCCCC. The minimum atomic E-state index is -0.786. The van der Waals surface area contributed by atoms with Crippen molar-refractivity contribution in [2.45, 2.75) is 329 Å². The summed E-state index contributed by atoms with van der Waals surface area (Å²) in [5.74, 6) is -0.887. The van der Waals surface area contributed by atoms with E-state index >= 15 is 0 Å². The third kappa shape index (κ3) is 59.7. The summed E-state index contributed by atoms with van der Waals surface area (Å²) in [6.07, 6.45) is 80.4. The molecule has 0 saturated heterocycles. The molecular weight excluding hydrogens is 913 g/mol. The van der Waals surface area contributed by atoms with Crippen LogP contribution in [-0.2, 0) is 28.6 Å². The highest BCUT2D eigenvalue weighted by Gasteiger charge is 2.19. The van der Waals surface area contributed by atoms with E-state index in [0.29, 0.717) is 19.3 Å². The summed E-state index contributed by atoms with van der Waals surface area (Å²) in [6.45, 7) is 6.54. The smallest absolute Gasteiger partial charge is 0.306 e. The van der Waals surface area contributed by atoms with Crippen LogP contribution < -0.4 is 0 Å². The van der Waals surface area contributed by atoms with Crippen LogP contribution in [0.4, 0.5) is 0 Å². The molecule has 0 aromatic carbocycles. The summed E-state index contributed by atoms with van der Waals surface area (Å²) < 4.78 is 16.9. The molecule has 0 amide bonds. The van der Waals surface area contributed by atoms with E-state index in [1.165, 1.54) is 186 Å². The number of unbranched alkanes of at least 4 members (excludes halogenated alkanes) is 35. The first kappa shape index (κ1) is 70.8. The lowest BCUT2D eigenvalue weighted by Crippen LogP contribution is -2.30. The van der Waals surface area contributed by atoms with Crippen molar-refractivity contribution in [2.24, 2.45) is 0 Å². The average Bonchev–Trinajstić information content (AvgIpc) is 3.40. The van der Waals surface area contributed by atoms with Crippen LogP contribution in [0.3, 0.4) is 0 Å². The second-order valence-corrected chi connectivity index (χ2v) is 21.3. The molecule has 0 saturated carbocycles. The maximum absolute atomic E-state index is 12.9. The van der Waals surface area contributed by atoms with Gasteiger partial charge in [-0.15, -0.1) is 0 Å². The molecular formula is C68H120O6. The van der Waals surface area contributed by atoms with Crippen LogP contribution in [0.2, 0.25) is 0 Å². The van der Waals surface area contributed by atoms with Crippen molar-refractivity contribution in [1.82, 2.24) is 0 Å². The Kier molecular flexibility index (Phi) is 59.7. The first-order valence-corrected chi connectivity index (χ1v) is 31.9. The first-order chi connectivity index (χ1) is 36.5. The minimum absolute atomic E-state index is 0.0817. The molecule has 428 valence electrons. The number of hydrogen-bond donors (Lipinski definition) is 0. The van der Waals surface area contributed by atoms with Crippen molar-refractivity contribution in [3.05, 3.63) is 72.9 Å². The van der Waals surface area contributed by atoms with E-state index in [0.717, 1.165) is 96.3 Å². The highest BCUT2D eigenvalue weighted by atomic mass is 16.6. The molecule has 0 fully saturated rings. The molecule has 6 heteroatoms. The normalized spacial score (nSPS) is 12.5. The van der Waals surface area contributed by atoms with Gasteiger partial charge >= 0.3 is 17.9 Å². The van der Waals surface area contributed by atoms with Crippen LogP contribution in [0.25, 0.3) is 0 Å². The zero-order valence-electron chi connectivity index (χ0n) is 49.1. The number of carbonyl (C=O) groups is 3. The molecule has 6 nitrogen and oxygen atoms in total. The van der Waals surface area contributed by atoms with Gasteiger partial charge in [0.2, 0.25) is 0 Å². The van der Waals surface area contributed by atoms with Gasteiger partial charge < -0.3 is 14.2 Å². The Morgan fingerprint density at radius 2 is 0.527 bits per heavy atom. The zero-order chi connectivity index (χ0) is 53.6. The standard InChI is InChI=1S/C68H120O6/c1-4-7-10-13-16-19-22-25-28-31-33-34-35-38-40-43-46-49-52-55-58-61-67(70)73-64-65(63-72-66(69)60-57-54-51-48-45-42-39-36-30-27-24-21-18-15-12-9-6-3)74-68(71)62-59-56-53-50-47-44-41-37-32-29-26-23-20-17-14-11-8-5-2/h9,12,18,20-21,23,27,29-33,65H,4-8,10-11,13-17,19,22,24-26,28,34-64H2,1-3H3/b12-9-,21-18-,23-20-,30-27-,32-29-,33-31-. The lowest BCUT2D eigenvalue weighted by Gasteiger charge is -2.18. The second-order valence-electron chi connectivity index (χ2n) is 21.3. The fourth-order valence-corrected chi connectivity index (χ4v) is 9.13. The average molecular weight is 1030 g/mol. The molecule has 0 aliphatic carbocycles. The van der Waals surface area contributed by atoms with E-state index in [2.05, 4.69) is 93.7 Å². The Balaban J connectivity index is 4.38. The molecule has 74 heavy (non-hydrogen) atoms. The van der Waals surface area contributed by atoms with Gasteiger partial charge in [0, 0.05) is 19.3 Å². The molecule has 0 aliphatic heterocycles. The van der Waals surface area contributed by atoms with E-state index in [4.69, 9.17) is 14.2 Å². The van der Waals surface area contributed by atoms with E-state index in [1.807, 2.05) is 0 Å². The fraction of sp³-hybridized carbons (Fsp3) is 0.779. The third-order valence-corrected chi connectivity index (χ3v) is 13.9. The van der Waals surface area contributed by atoms with Crippen molar-refractivity contribution >= 4 is 17.9 Å². The Hall–Kier alpha value is -3.15. The van der Waals surface area contributed by atoms with Crippen molar-refractivity contribution in [3.63, 3.8) is 0 Å². The lowest BCUT2D eigenvalue weighted by molar-refractivity contribution is -0.167. The summed E-state index contributed by atoms with van der Waals surface area (Å²) >= 11 is 0. The van der Waals surface area contributed by atoms with Crippen LogP contribution in [0.5, 0.6) is 0 Å². The van der Waals surface area contributed by atoms with Crippen LogP contribution in [0.1, 0.15) is 323 Å². The maximum atomic E-state index is 12.9. The predicted molar refractivity (Wildman–Crippen MR) is 321 cm³/mol. The Morgan fingerprint density at radius 1 is 0.284 bits per heavy atom. The maximum Gasteiger partial charge on any atom is 0.306 e. The number of carbonyl (C=O) groups excluding carboxylic acids is 3. The van der Waals surface area contributed by atoms with Gasteiger partial charge in [-0.3, -0.25) is 14.4 Å². The summed E-state index contributed by atoms with van der Waals surface area (Å²) in [6, 6.07) is 0. The lowest BCUT2D eigenvalue weighted by atomic mass is 10.1. The van der Waals surface area contributed by atoms with Gasteiger partial charge in [-0.2, -0.15) is 0 Å². The molecule has 1 unspecified atom stereocenters. The van der Waals surface area contributed by atoms with E-state index < -0.39 is 6.10 Å². The van der Waals surface area contributed by atoms with Crippen LogP contribution in [0, 0.1) is 0 Å². The number of allylic oxidation sites excluding steroid dienone is 12. The van der Waals surface area contributed by atoms with Crippen molar-refractivity contribution in [3.8, 4) is 0 Å². The molecule has 0 aromatic heterocycles. The molecule has 0 radical (unpaired) electrons. The number of rotatable bonds is 58. The number of ether oxygens (including phenoxy) is 3. The largest absolute Gasteiger partial charge is 0.462 e. The molecule has 0 aliphatic rings. The van der Waals surface area contributed by atoms with E-state index in [9.17, 15) is 14.4 Å². The second kappa shape index (κ2) is 62.4. The minimum Gasteiger partial charge on any atom is -0.462 e. The summed E-state index contributed by atoms with van der Waals surface area (Å²) in [5, 5.41) is 0. The Morgan fingerprint density at radius 3 is 0.851 bits per heavy atom. The molecule has 0 aromatic rings. The van der Waals surface area contributed by atoms with Crippen molar-refractivity contribution < 1.29 is 28.6 Å². The number of esters is 3.